The fourth-order valence-corrected chi connectivity index (χ4v) is 5.43. The van der Waals surface area contributed by atoms with Gasteiger partial charge in [-0.05, 0) is 48.2 Å². The number of halogens is 3. The number of nitriles is 1. The number of hydrogen-bond acceptors (Lipinski definition) is 5. The molecule has 0 aliphatic carbocycles. The standard InChI is InChI=1S/C23H25F3N4O3S/c1-15(2)11-16-3-7-19(8-4-16)34(32,33)29-9-10-30(21(14-29)22(28)31)18-6-5-17(13-27)20(12-18)23(24,25)26/h3-8,12,15,21H,9-11,14H2,1-2H3,(H2,28,31). The minimum Gasteiger partial charge on any atom is -0.368 e. The molecular formula is C23H25F3N4O3S. The monoisotopic (exact) mass is 494 g/mol. The number of anilines is 1. The average molecular weight is 495 g/mol. The van der Waals surface area contributed by atoms with E-state index in [9.17, 15) is 26.4 Å². The van der Waals surface area contributed by atoms with Crippen LogP contribution in [0.3, 0.4) is 0 Å². The van der Waals surface area contributed by atoms with Crippen LogP contribution in [0.15, 0.2) is 47.4 Å². The van der Waals surface area contributed by atoms with Crippen LogP contribution in [-0.4, -0.2) is 44.3 Å². The molecule has 182 valence electrons. The molecule has 11 heteroatoms. The van der Waals surface area contributed by atoms with Crippen molar-refractivity contribution in [3.05, 3.63) is 59.2 Å². The van der Waals surface area contributed by atoms with Crippen LogP contribution in [0.2, 0.25) is 0 Å². The summed E-state index contributed by atoms with van der Waals surface area (Å²) < 4.78 is 67.6. The first-order chi connectivity index (χ1) is 15.8. The molecule has 1 aliphatic rings. The third-order valence-electron chi connectivity index (χ3n) is 5.64. The Kier molecular flexibility index (Phi) is 7.24. The lowest BCUT2D eigenvalue weighted by Crippen LogP contribution is -2.59. The van der Waals surface area contributed by atoms with E-state index in [1.54, 1.807) is 12.1 Å². The van der Waals surface area contributed by atoms with E-state index in [0.29, 0.717) is 5.92 Å². The number of rotatable bonds is 6. The lowest BCUT2D eigenvalue weighted by molar-refractivity contribution is -0.137. The highest BCUT2D eigenvalue weighted by atomic mass is 32.2. The van der Waals surface area contributed by atoms with Crippen molar-refractivity contribution in [2.45, 2.75) is 37.4 Å². The molecule has 1 unspecified atom stereocenters. The molecule has 3 rings (SSSR count). The Morgan fingerprint density at radius 3 is 2.35 bits per heavy atom. The molecule has 1 fully saturated rings. The van der Waals surface area contributed by atoms with Crippen LogP contribution in [0, 0.1) is 17.2 Å². The number of amides is 1. The van der Waals surface area contributed by atoms with Crippen LogP contribution < -0.4 is 10.6 Å². The van der Waals surface area contributed by atoms with Crippen LogP contribution in [0.25, 0.3) is 0 Å². The predicted octanol–water partition coefficient (Wildman–Crippen LogP) is 3.14. The van der Waals surface area contributed by atoms with Gasteiger partial charge in [-0.3, -0.25) is 4.79 Å². The van der Waals surface area contributed by atoms with Crippen molar-refractivity contribution in [1.82, 2.24) is 4.31 Å². The molecule has 0 radical (unpaired) electrons. The normalized spacial score (nSPS) is 17.6. The molecule has 1 aliphatic heterocycles. The van der Waals surface area contributed by atoms with E-state index in [4.69, 9.17) is 11.0 Å². The van der Waals surface area contributed by atoms with Gasteiger partial charge >= 0.3 is 6.18 Å². The smallest absolute Gasteiger partial charge is 0.368 e. The lowest BCUT2D eigenvalue weighted by Gasteiger charge is -2.40. The third-order valence-corrected chi connectivity index (χ3v) is 7.52. The first-order valence-electron chi connectivity index (χ1n) is 10.6. The maximum atomic E-state index is 13.4. The topological polar surface area (TPSA) is 108 Å². The minimum atomic E-state index is -4.77. The van der Waals surface area contributed by atoms with Gasteiger partial charge in [-0.25, -0.2) is 8.42 Å². The number of carbonyl (C=O) groups is 1. The van der Waals surface area contributed by atoms with Crippen LogP contribution in [0.1, 0.15) is 30.5 Å². The fraction of sp³-hybridized carbons (Fsp3) is 0.391. The molecule has 0 spiro atoms. The zero-order valence-electron chi connectivity index (χ0n) is 18.7. The second-order valence-corrected chi connectivity index (χ2v) is 10.5. The number of nitrogens with two attached hydrogens (primary N) is 1. The molecule has 0 bridgehead atoms. The maximum absolute atomic E-state index is 13.4. The van der Waals surface area contributed by atoms with Gasteiger partial charge in [0.1, 0.15) is 6.04 Å². The quantitative estimate of drug-likeness (QED) is 0.664. The van der Waals surface area contributed by atoms with Gasteiger partial charge in [0, 0.05) is 25.3 Å². The van der Waals surface area contributed by atoms with Gasteiger partial charge in [-0.1, -0.05) is 26.0 Å². The summed E-state index contributed by atoms with van der Waals surface area (Å²) in [7, 11) is -3.95. The van der Waals surface area contributed by atoms with Crippen molar-refractivity contribution >= 4 is 21.6 Å². The Bertz CT molecular complexity index is 1210. The summed E-state index contributed by atoms with van der Waals surface area (Å²) in [6.07, 6.45) is -3.97. The number of carbonyl (C=O) groups excluding carboxylic acids is 1. The molecule has 1 saturated heterocycles. The first kappa shape index (κ1) is 25.5. The van der Waals surface area contributed by atoms with E-state index in [1.165, 1.54) is 29.2 Å². The molecule has 0 aromatic heterocycles. The number of benzene rings is 2. The Morgan fingerprint density at radius 1 is 1.18 bits per heavy atom. The van der Waals surface area contributed by atoms with E-state index in [-0.39, 0.29) is 30.2 Å². The number of sulfonamides is 1. The summed E-state index contributed by atoms with van der Waals surface area (Å²) >= 11 is 0. The second kappa shape index (κ2) is 9.64. The number of nitrogens with zero attached hydrogens (tertiary/aromatic N) is 3. The van der Waals surface area contributed by atoms with E-state index in [0.717, 1.165) is 28.4 Å². The molecule has 2 aromatic carbocycles. The summed E-state index contributed by atoms with van der Waals surface area (Å²) in [6, 6.07) is 9.93. The Morgan fingerprint density at radius 2 is 1.82 bits per heavy atom. The Balaban J connectivity index is 1.88. The summed E-state index contributed by atoms with van der Waals surface area (Å²) in [5.41, 5.74) is 4.86. The van der Waals surface area contributed by atoms with Crippen LogP contribution in [-0.2, 0) is 27.4 Å². The van der Waals surface area contributed by atoms with Crippen molar-refractivity contribution in [3.8, 4) is 6.07 Å². The minimum absolute atomic E-state index is 0.0326. The molecule has 34 heavy (non-hydrogen) atoms. The molecule has 0 saturated carbocycles. The molecule has 2 N–H and O–H groups in total. The Labute approximate surface area is 196 Å². The fourth-order valence-electron chi connectivity index (χ4n) is 3.99. The van der Waals surface area contributed by atoms with E-state index >= 15 is 0 Å². The summed E-state index contributed by atoms with van der Waals surface area (Å²) in [6.45, 7) is 3.69. The van der Waals surface area contributed by atoms with Crippen molar-refractivity contribution < 1.29 is 26.4 Å². The number of primary amides is 1. The number of hydrogen-bond donors (Lipinski definition) is 1. The van der Waals surface area contributed by atoms with E-state index in [1.807, 2.05) is 0 Å². The van der Waals surface area contributed by atoms with E-state index < -0.39 is 39.3 Å². The van der Waals surface area contributed by atoms with Crippen LogP contribution in [0.5, 0.6) is 0 Å². The SMILES string of the molecule is CC(C)Cc1ccc(S(=O)(=O)N2CCN(c3ccc(C#N)c(C(F)(F)F)c3)C(C(N)=O)C2)cc1. The molecule has 2 aromatic rings. The number of alkyl halides is 3. The van der Waals surface area contributed by atoms with Gasteiger partial charge in [0.15, 0.2) is 0 Å². The summed E-state index contributed by atoms with van der Waals surface area (Å²) in [4.78, 5) is 13.6. The summed E-state index contributed by atoms with van der Waals surface area (Å²) in [5.74, 6) is -0.461. The zero-order chi connectivity index (χ0) is 25.3. The molecule has 7 nitrogen and oxygen atoms in total. The molecule has 1 heterocycles. The summed E-state index contributed by atoms with van der Waals surface area (Å²) in [5, 5.41) is 9.00. The van der Waals surface area contributed by atoms with E-state index in [2.05, 4.69) is 13.8 Å². The van der Waals surface area contributed by atoms with Gasteiger partial charge in [0.05, 0.1) is 22.1 Å². The largest absolute Gasteiger partial charge is 0.417 e. The van der Waals surface area contributed by atoms with Gasteiger partial charge < -0.3 is 10.6 Å². The van der Waals surface area contributed by atoms with Crippen molar-refractivity contribution in [1.29, 1.82) is 5.26 Å². The van der Waals surface area contributed by atoms with Gasteiger partial charge in [0.25, 0.3) is 0 Å². The van der Waals surface area contributed by atoms with Crippen LogP contribution in [0.4, 0.5) is 18.9 Å². The van der Waals surface area contributed by atoms with Gasteiger partial charge in [0.2, 0.25) is 15.9 Å². The highest BCUT2D eigenvalue weighted by Gasteiger charge is 2.39. The first-order valence-corrected chi connectivity index (χ1v) is 12.0. The maximum Gasteiger partial charge on any atom is 0.417 e. The molecular weight excluding hydrogens is 469 g/mol. The molecule has 1 atom stereocenters. The van der Waals surface area contributed by atoms with Crippen molar-refractivity contribution in [3.63, 3.8) is 0 Å². The van der Waals surface area contributed by atoms with Crippen molar-refractivity contribution in [2.75, 3.05) is 24.5 Å². The zero-order valence-corrected chi connectivity index (χ0v) is 19.5. The van der Waals surface area contributed by atoms with Gasteiger partial charge in [-0.2, -0.15) is 22.7 Å². The van der Waals surface area contributed by atoms with Crippen molar-refractivity contribution in [2.24, 2.45) is 11.7 Å². The second-order valence-electron chi connectivity index (χ2n) is 8.56. The number of piperazine rings is 1. The lowest BCUT2D eigenvalue weighted by atomic mass is 10.0. The highest BCUT2D eigenvalue weighted by Crippen LogP contribution is 2.35. The predicted molar refractivity (Wildman–Crippen MR) is 120 cm³/mol. The molecule has 1 amide bonds. The van der Waals surface area contributed by atoms with Crippen LogP contribution >= 0.6 is 0 Å². The Hall–Kier alpha value is -3.10. The average Bonchev–Trinajstić information content (AvgIpc) is 2.77. The highest BCUT2D eigenvalue weighted by molar-refractivity contribution is 7.89. The van der Waals surface area contributed by atoms with Gasteiger partial charge in [-0.15, -0.1) is 0 Å². The third kappa shape index (κ3) is 5.34.